The number of amides is 1. The van der Waals surface area contributed by atoms with Crippen molar-refractivity contribution in [2.24, 2.45) is 0 Å². The molecule has 0 bridgehead atoms. The standard InChI is InChI=1S/C15H15BrN2O2/c1-11(12-3-2-8-17-9-12)18-15(19)10-20-14-6-4-13(16)5-7-14/h2-9,11H,10H2,1H3,(H,18,19). The van der Waals surface area contributed by atoms with Crippen molar-refractivity contribution in [1.29, 1.82) is 0 Å². The van der Waals surface area contributed by atoms with Gasteiger partial charge in [0.05, 0.1) is 6.04 Å². The van der Waals surface area contributed by atoms with Crippen molar-refractivity contribution in [3.05, 3.63) is 58.8 Å². The van der Waals surface area contributed by atoms with E-state index in [9.17, 15) is 4.79 Å². The molecule has 2 aromatic rings. The predicted octanol–water partition coefficient (Wildman–Crippen LogP) is 3.10. The van der Waals surface area contributed by atoms with Crippen molar-refractivity contribution >= 4 is 21.8 Å². The van der Waals surface area contributed by atoms with Crippen molar-refractivity contribution in [1.82, 2.24) is 10.3 Å². The Morgan fingerprint density at radius 2 is 2.10 bits per heavy atom. The van der Waals surface area contributed by atoms with Gasteiger partial charge in [-0.2, -0.15) is 0 Å². The van der Waals surface area contributed by atoms with Crippen LogP contribution in [0.3, 0.4) is 0 Å². The molecule has 0 spiro atoms. The second-order valence-corrected chi connectivity index (χ2v) is 5.23. The Kier molecular flexibility index (Phi) is 5.12. The molecule has 0 radical (unpaired) electrons. The molecule has 104 valence electrons. The van der Waals surface area contributed by atoms with Gasteiger partial charge in [0, 0.05) is 16.9 Å². The number of pyridine rings is 1. The van der Waals surface area contributed by atoms with E-state index in [0.29, 0.717) is 5.75 Å². The van der Waals surface area contributed by atoms with Gasteiger partial charge < -0.3 is 10.1 Å². The molecule has 1 heterocycles. The van der Waals surface area contributed by atoms with Gasteiger partial charge in [-0.25, -0.2) is 0 Å². The molecule has 0 saturated carbocycles. The predicted molar refractivity (Wildman–Crippen MR) is 80.4 cm³/mol. The maximum atomic E-state index is 11.8. The summed E-state index contributed by atoms with van der Waals surface area (Å²) in [4.78, 5) is 15.8. The highest BCUT2D eigenvalue weighted by molar-refractivity contribution is 9.10. The lowest BCUT2D eigenvalue weighted by Crippen LogP contribution is -2.31. The monoisotopic (exact) mass is 334 g/mol. The Morgan fingerprint density at radius 3 is 2.75 bits per heavy atom. The molecule has 1 aromatic heterocycles. The second kappa shape index (κ2) is 7.05. The molecule has 0 aliphatic carbocycles. The van der Waals surface area contributed by atoms with Crippen LogP contribution in [0, 0.1) is 0 Å². The van der Waals surface area contributed by atoms with E-state index in [2.05, 4.69) is 26.2 Å². The third kappa shape index (κ3) is 4.35. The van der Waals surface area contributed by atoms with E-state index in [-0.39, 0.29) is 18.6 Å². The number of ether oxygens (including phenoxy) is 1. The molecular formula is C15H15BrN2O2. The van der Waals surface area contributed by atoms with Crippen molar-refractivity contribution in [3.63, 3.8) is 0 Å². The quantitative estimate of drug-likeness (QED) is 0.914. The molecule has 2 rings (SSSR count). The normalized spacial score (nSPS) is 11.7. The highest BCUT2D eigenvalue weighted by Crippen LogP contribution is 2.16. The minimum Gasteiger partial charge on any atom is -0.484 e. The lowest BCUT2D eigenvalue weighted by atomic mass is 10.1. The zero-order chi connectivity index (χ0) is 14.4. The van der Waals surface area contributed by atoms with E-state index in [0.717, 1.165) is 10.0 Å². The van der Waals surface area contributed by atoms with E-state index in [1.54, 1.807) is 12.4 Å². The Labute approximate surface area is 126 Å². The van der Waals surface area contributed by atoms with Gasteiger partial charge in [-0.1, -0.05) is 22.0 Å². The summed E-state index contributed by atoms with van der Waals surface area (Å²) in [6.45, 7) is 1.90. The Bertz CT molecular complexity index is 558. The molecule has 0 aliphatic heterocycles. The molecular weight excluding hydrogens is 320 g/mol. The van der Waals surface area contributed by atoms with Crippen LogP contribution < -0.4 is 10.1 Å². The van der Waals surface area contributed by atoms with Crippen molar-refractivity contribution in [2.45, 2.75) is 13.0 Å². The SMILES string of the molecule is CC(NC(=O)COc1ccc(Br)cc1)c1cccnc1. The first-order valence-corrected chi connectivity index (χ1v) is 7.02. The molecule has 1 amide bonds. The van der Waals surface area contributed by atoms with Crippen LogP contribution in [0.5, 0.6) is 5.75 Å². The number of hydrogen-bond acceptors (Lipinski definition) is 3. The van der Waals surface area contributed by atoms with E-state index in [4.69, 9.17) is 4.74 Å². The van der Waals surface area contributed by atoms with Crippen LogP contribution in [-0.4, -0.2) is 17.5 Å². The lowest BCUT2D eigenvalue weighted by Gasteiger charge is -2.14. The number of aromatic nitrogens is 1. The van der Waals surface area contributed by atoms with E-state index in [1.807, 2.05) is 43.3 Å². The number of benzene rings is 1. The Hall–Kier alpha value is -1.88. The van der Waals surface area contributed by atoms with Gasteiger partial charge in [0.15, 0.2) is 6.61 Å². The molecule has 4 nitrogen and oxygen atoms in total. The fourth-order valence-electron chi connectivity index (χ4n) is 1.68. The first kappa shape index (κ1) is 14.5. The van der Waals surface area contributed by atoms with Gasteiger partial charge in [-0.05, 0) is 42.8 Å². The molecule has 1 N–H and O–H groups in total. The number of nitrogens with one attached hydrogen (secondary N) is 1. The maximum Gasteiger partial charge on any atom is 0.258 e. The van der Waals surface area contributed by atoms with Gasteiger partial charge in [-0.15, -0.1) is 0 Å². The topological polar surface area (TPSA) is 51.2 Å². The number of halogens is 1. The number of rotatable bonds is 5. The minimum atomic E-state index is -0.163. The highest BCUT2D eigenvalue weighted by Gasteiger charge is 2.09. The molecule has 1 unspecified atom stereocenters. The van der Waals surface area contributed by atoms with Gasteiger partial charge in [0.2, 0.25) is 0 Å². The van der Waals surface area contributed by atoms with Gasteiger partial charge in [-0.3, -0.25) is 9.78 Å². The fraction of sp³-hybridized carbons (Fsp3) is 0.200. The number of nitrogens with zero attached hydrogens (tertiary/aromatic N) is 1. The van der Waals surface area contributed by atoms with Crippen molar-refractivity contribution < 1.29 is 9.53 Å². The fourth-order valence-corrected chi connectivity index (χ4v) is 1.94. The average Bonchev–Trinajstić information content (AvgIpc) is 2.47. The summed E-state index contributed by atoms with van der Waals surface area (Å²) in [6.07, 6.45) is 3.44. The van der Waals surface area contributed by atoms with Gasteiger partial charge in [0.25, 0.3) is 5.91 Å². The van der Waals surface area contributed by atoms with Gasteiger partial charge in [0.1, 0.15) is 5.75 Å². The third-order valence-electron chi connectivity index (χ3n) is 2.75. The van der Waals surface area contributed by atoms with Crippen LogP contribution in [0.1, 0.15) is 18.5 Å². The first-order valence-electron chi connectivity index (χ1n) is 6.23. The molecule has 0 fully saturated rings. The Balaban J connectivity index is 1.82. The maximum absolute atomic E-state index is 11.8. The van der Waals surface area contributed by atoms with E-state index >= 15 is 0 Å². The molecule has 5 heteroatoms. The molecule has 0 aliphatic rings. The van der Waals surface area contributed by atoms with E-state index in [1.165, 1.54) is 0 Å². The van der Waals surface area contributed by atoms with Crippen molar-refractivity contribution in [2.75, 3.05) is 6.61 Å². The van der Waals surface area contributed by atoms with Crippen LogP contribution >= 0.6 is 15.9 Å². The summed E-state index contributed by atoms with van der Waals surface area (Å²) in [6, 6.07) is 11.0. The zero-order valence-electron chi connectivity index (χ0n) is 11.0. The zero-order valence-corrected chi connectivity index (χ0v) is 12.6. The Morgan fingerprint density at radius 1 is 1.35 bits per heavy atom. The molecule has 1 aromatic carbocycles. The summed E-state index contributed by atoms with van der Waals surface area (Å²) in [5.41, 5.74) is 0.962. The number of carbonyl (C=O) groups is 1. The summed E-state index contributed by atoms with van der Waals surface area (Å²) >= 11 is 3.34. The van der Waals surface area contributed by atoms with Crippen LogP contribution in [0.2, 0.25) is 0 Å². The highest BCUT2D eigenvalue weighted by atomic mass is 79.9. The largest absolute Gasteiger partial charge is 0.484 e. The first-order chi connectivity index (χ1) is 9.65. The van der Waals surface area contributed by atoms with Crippen LogP contribution in [-0.2, 0) is 4.79 Å². The molecule has 20 heavy (non-hydrogen) atoms. The average molecular weight is 335 g/mol. The molecule has 1 atom stereocenters. The van der Waals surface area contributed by atoms with Crippen LogP contribution in [0.4, 0.5) is 0 Å². The lowest BCUT2D eigenvalue weighted by molar-refractivity contribution is -0.123. The molecule has 0 saturated heterocycles. The number of hydrogen-bond donors (Lipinski definition) is 1. The van der Waals surface area contributed by atoms with Crippen LogP contribution in [0.25, 0.3) is 0 Å². The minimum absolute atomic E-state index is 0.00770. The second-order valence-electron chi connectivity index (χ2n) is 4.32. The van der Waals surface area contributed by atoms with Gasteiger partial charge >= 0.3 is 0 Å². The summed E-state index contributed by atoms with van der Waals surface area (Å²) in [7, 11) is 0. The van der Waals surface area contributed by atoms with E-state index < -0.39 is 0 Å². The van der Waals surface area contributed by atoms with Crippen LogP contribution in [0.15, 0.2) is 53.3 Å². The summed E-state index contributed by atoms with van der Waals surface area (Å²) in [5, 5.41) is 2.86. The summed E-state index contributed by atoms with van der Waals surface area (Å²) in [5.74, 6) is 0.502. The third-order valence-corrected chi connectivity index (χ3v) is 3.27. The summed E-state index contributed by atoms with van der Waals surface area (Å²) < 4.78 is 6.38. The van der Waals surface area contributed by atoms with Crippen molar-refractivity contribution in [3.8, 4) is 5.75 Å². The number of carbonyl (C=O) groups excluding carboxylic acids is 1. The smallest absolute Gasteiger partial charge is 0.258 e.